The molecule has 4 nitrogen and oxygen atoms in total. The standard InChI is InChI=1S/C14H12ClFN2O2/c1-7-5-10(7)18-13(19)11(12(15)17-14(18)20)8-3-2-4-9(16)6-8/h2-4,6-7,10H,5H2,1H3,(H,17,20). The van der Waals surface area contributed by atoms with Crippen molar-refractivity contribution in [3.05, 3.63) is 56.1 Å². The molecule has 1 aliphatic rings. The lowest BCUT2D eigenvalue weighted by Gasteiger charge is -2.08. The van der Waals surface area contributed by atoms with Gasteiger partial charge in [0.15, 0.2) is 0 Å². The van der Waals surface area contributed by atoms with Crippen LogP contribution in [0.4, 0.5) is 4.39 Å². The molecule has 104 valence electrons. The smallest absolute Gasteiger partial charge is 0.297 e. The van der Waals surface area contributed by atoms with Gasteiger partial charge in [0.25, 0.3) is 5.56 Å². The zero-order chi connectivity index (χ0) is 14.4. The third-order valence-corrected chi connectivity index (χ3v) is 3.88. The van der Waals surface area contributed by atoms with Gasteiger partial charge in [-0.1, -0.05) is 30.7 Å². The minimum Gasteiger partial charge on any atom is -0.297 e. The first-order valence-corrected chi connectivity index (χ1v) is 6.67. The molecule has 2 aromatic rings. The van der Waals surface area contributed by atoms with Crippen LogP contribution >= 0.6 is 11.6 Å². The van der Waals surface area contributed by atoms with E-state index in [9.17, 15) is 14.0 Å². The number of aromatic nitrogens is 2. The van der Waals surface area contributed by atoms with Crippen LogP contribution in [0.15, 0.2) is 33.9 Å². The second kappa shape index (κ2) is 4.59. The molecule has 1 heterocycles. The van der Waals surface area contributed by atoms with Crippen LogP contribution in [0.3, 0.4) is 0 Å². The summed E-state index contributed by atoms with van der Waals surface area (Å²) in [5, 5.41) is -0.0600. The Morgan fingerprint density at radius 2 is 2.10 bits per heavy atom. The number of halogens is 2. The van der Waals surface area contributed by atoms with Gasteiger partial charge in [-0.05, 0) is 30.0 Å². The van der Waals surface area contributed by atoms with Crippen molar-refractivity contribution in [1.29, 1.82) is 0 Å². The maximum Gasteiger partial charge on any atom is 0.329 e. The fourth-order valence-corrected chi connectivity index (χ4v) is 2.65. The molecule has 1 aromatic heterocycles. The highest BCUT2D eigenvalue weighted by atomic mass is 35.5. The zero-order valence-electron chi connectivity index (χ0n) is 10.7. The average Bonchev–Trinajstić information content (AvgIpc) is 3.05. The minimum atomic E-state index is -0.519. The minimum absolute atomic E-state index is 0.0600. The van der Waals surface area contributed by atoms with Crippen molar-refractivity contribution >= 4 is 11.6 Å². The highest BCUT2D eigenvalue weighted by molar-refractivity contribution is 6.32. The summed E-state index contributed by atoms with van der Waals surface area (Å²) < 4.78 is 14.5. The maximum atomic E-state index is 13.3. The average molecular weight is 295 g/mol. The highest BCUT2D eigenvalue weighted by Crippen LogP contribution is 2.41. The highest BCUT2D eigenvalue weighted by Gasteiger charge is 2.37. The quantitative estimate of drug-likeness (QED) is 0.866. The van der Waals surface area contributed by atoms with Gasteiger partial charge in [-0.15, -0.1) is 0 Å². The first-order valence-electron chi connectivity index (χ1n) is 6.29. The van der Waals surface area contributed by atoms with Crippen molar-refractivity contribution in [2.24, 2.45) is 5.92 Å². The molecule has 2 unspecified atom stereocenters. The van der Waals surface area contributed by atoms with Crippen LogP contribution in [0.5, 0.6) is 0 Å². The summed E-state index contributed by atoms with van der Waals surface area (Å²) in [6.07, 6.45) is 0.785. The monoisotopic (exact) mass is 294 g/mol. The first kappa shape index (κ1) is 13.1. The van der Waals surface area contributed by atoms with Gasteiger partial charge in [0, 0.05) is 6.04 Å². The Morgan fingerprint density at radius 3 is 2.70 bits per heavy atom. The number of aromatic amines is 1. The molecule has 3 rings (SSSR count). The van der Waals surface area contributed by atoms with E-state index in [0.717, 1.165) is 6.42 Å². The van der Waals surface area contributed by atoms with Gasteiger partial charge in [-0.25, -0.2) is 9.18 Å². The van der Waals surface area contributed by atoms with E-state index in [1.165, 1.54) is 22.8 Å². The molecule has 1 aromatic carbocycles. The summed E-state index contributed by atoms with van der Waals surface area (Å²) in [6.45, 7) is 1.97. The molecule has 6 heteroatoms. The van der Waals surface area contributed by atoms with Crippen molar-refractivity contribution < 1.29 is 4.39 Å². The largest absolute Gasteiger partial charge is 0.329 e. The van der Waals surface area contributed by atoms with Crippen molar-refractivity contribution in [1.82, 2.24) is 9.55 Å². The molecule has 0 saturated heterocycles. The Labute approximate surface area is 118 Å². The Balaban J connectivity index is 2.26. The summed E-state index contributed by atoms with van der Waals surface area (Å²) in [4.78, 5) is 26.8. The Morgan fingerprint density at radius 1 is 1.40 bits per heavy atom. The summed E-state index contributed by atoms with van der Waals surface area (Å²) in [6, 6.07) is 5.49. The number of hydrogen-bond acceptors (Lipinski definition) is 2. The molecule has 1 N–H and O–H groups in total. The number of hydrogen-bond donors (Lipinski definition) is 1. The van der Waals surface area contributed by atoms with Crippen LogP contribution in [-0.2, 0) is 0 Å². The van der Waals surface area contributed by atoms with Gasteiger partial charge < -0.3 is 0 Å². The molecule has 0 amide bonds. The SMILES string of the molecule is CC1CC1n1c(=O)[nH]c(Cl)c(-c2cccc(F)c2)c1=O. The normalized spacial score (nSPS) is 20.9. The Hall–Kier alpha value is -1.88. The van der Waals surface area contributed by atoms with E-state index in [1.54, 1.807) is 6.07 Å². The van der Waals surface area contributed by atoms with Crippen molar-refractivity contribution in [2.75, 3.05) is 0 Å². The lowest BCUT2D eigenvalue weighted by molar-refractivity contribution is 0.618. The molecular weight excluding hydrogens is 283 g/mol. The fraction of sp³-hybridized carbons (Fsp3) is 0.286. The van der Waals surface area contributed by atoms with E-state index in [1.807, 2.05) is 6.92 Å². The molecule has 20 heavy (non-hydrogen) atoms. The number of rotatable bonds is 2. The number of nitrogens with zero attached hydrogens (tertiary/aromatic N) is 1. The van der Waals surface area contributed by atoms with Crippen LogP contribution in [0.1, 0.15) is 19.4 Å². The van der Waals surface area contributed by atoms with Gasteiger partial charge in [0.05, 0.1) is 5.56 Å². The lowest BCUT2D eigenvalue weighted by Crippen LogP contribution is -2.36. The summed E-state index contributed by atoms with van der Waals surface area (Å²) in [5.41, 5.74) is -0.503. The Bertz CT molecular complexity index is 796. The third kappa shape index (κ3) is 2.08. The molecule has 0 aliphatic heterocycles. The van der Waals surface area contributed by atoms with Crippen LogP contribution in [0, 0.1) is 11.7 Å². The number of H-pyrrole nitrogens is 1. The molecule has 1 fully saturated rings. The van der Waals surface area contributed by atoms with E-state index < -0.39 is 17.1 Å². The van der Waals surface area contributed by atoms with Crippen LogP contribution in [0.2, 0.25) is 5.15 Å². The van der Waals surface area contributed by atoms with Gasteiger partial charge in [0.2, 0.25) is 0 Å². The molecule has 0 spiro atoms. The molecule has 1 saturated carbocycles. The van der Waals surface area contributed by atoms with Crippen LogP contribution < -0.4 is 11.2 Å². The first-order chi connectivity index (χ1) is 9.49. The molecule has 0 bridgehead atoms. The predicted octanol–water partition coefficient (Wildman–Crippen LogP) is 2.58. The summed E-state index contributed by atoms with van der Waals surface area (Å²) >= 11 is 5.96. The summed E-state index contributed by atoms with van der Waals surface area (Å²) in [7, 11) is 0. The van der Waals surface area contributed by atoms with Gasteiger partial charge in [-0.2, -0.15) is 0 Å². The molecule has 1 aliphatic carbocycles. The van der Waals surface area contributed by atoms with E-state index >= 15 is 0 Å². The van der Waals surface area contributed by atoms with Crippen molar-refractivity contribution in [2.45, 2.75) is 19.4 Å². The summed E-state index contributed by atoms with van der Waals surface area (Å²) in [5.74, 6) is -0.175. The van der Waals surface area contributed by atoms with E-state index in [2.05, 4.69) is 4.98 Å². The number of nitrogens with one attached hydrogen (secondary N) is 1. The number of benzene rings is 1. The maximum absolute atomic E-state index is 13.3. The van der Waals surface area contributed by atoms with Gasteiger partial charge in [-0.3, -0.25) is 14.3 Å². The predicted molar refractivity (Wildman–Crippen MR) is 74.5 cm³/mol. The molecule has 0 radical (unpaired) electrons. The zero-order valence-corrected chi connectivity index (χ0v) is 11.4. The van der Waals surface area contributed by atoms with Gasteiger partial charge >= 0.3 is 5.69 Å². The Kier molecular flexibility index (Phi) is 3.01. The van der Waals surface area contributed by atoms with Crippen LogP contribution in [0.25, 0.3) is 11.1 Å². The topological polar surface area (TPSA) is 54.9 Å². The van der Waals surface area contributed by atoms with E-state index in [4.69, 9.17) is 11.6 Å². The van der Waals surface area contributed by atoms with Crippen LogP contribution in [-0.4, -0.2) is 9.55 Å². The molecule has 2 atom stereocenters. The van der Waals surface area contributed by atoms with Crippen molar-refractivity contribution in [3.63, 3.8) is 0 Å². The van der Waals surface area contributed by atoms with Crippen molar-refractivity contribution in [3.8, 4) is 11.1 Å². The molecular formula is C14H12ClFN2O2. The third-order valence-electron chi connectivity index (χ3n) is 3.60. The lowest BCUT2D eigenvalue weighted by atomic mass is 10.1. The van der Waals surface area contributed by atoms with E-state index in [-0.39, 0.29) is 22.7 Å². The van der Waals surface area contributed by atoms with E-state index in [0.29, 0.717) is 5.56 Å². The fourth-order valence-electron chi connectivity index (χ4n) is 2.38. The second-order valence-electron chi connectivity index (χ2n) is 5.08. The second-order valence-corrected chi connectivity index (χ2v) is 5.46. The van der Waals surface area contributed by atoms with Gasteiger partial charge in [0.1, 0.15) is 11.0 Å².